The molecule has 3 amide bonds. The van der Waals surface area contributed by atoms with E-state index in [1.807, 2.05) is 48.5 Å². The van der Waals surface area contributed by atoms with Gasteiger partial charge in [-0.05, 0) is 214 Å². The minimum Gasteiger partial charge on any atom is -0.481 e. The van der Waals surface area contributed by atoms with E-state index in [4.69, 9.17) is 16.3 Å². The van der Waals surface area contributed by atoms with Gasteiger partial charge in [0, 0.05) is 76.9 Å². The second kappa shape index (κ2) is 27.2. The van der Waals surface area contributed by atoms with E-state index in [-0.39, 0.29) is 65.7 Å². The highest BCUT2D eigenvalue weighted by Crippen LogP contribution is 2.39. The monoisotopic (exact) mass is 1350 g/mol. The van der Waals surface area contributed by atoms with Crippen LogP contribution in [-0.2, 0) is 42.7 Å². The molecule has 1 aliphatic carbocycles. The van der Waals surface area contributed by atoms with Crippen molar-refractivity contribution in [1.29, 1.82) is 0 Å². The minimum absolute atomic E-state index is 0.00492. The first kappa shape index (κ1) is 58.8. The number of amides is 3. The fourth-order valence-corrected chi connectivity index (χ4v) is 15.2. The van der Waals surface area contributed by atoms with Crippen molar-refractivity contribution < 1.29 is 36.0 Å². The third-order valence-corrected chi connectivity index (χ3v) is 19.9. The molecule has 3 aliphatic rings. The number of halogens is 4. The molecule has 5 N–H and O–H groups in total. The molecule has 1 saturated carbocycles. The third-order valence-electron chi connectivity index (χ3n) is 14.1. The van der Waals surface area contributed by atoms with E-state index in [1.54, 1.807) is 41.7 Å². The van der Waals surface area contributed by atoms with Gasteiger partial charge in [-0.3, -0.25) is 14.4 Å². The van der Waals surface area contributed by atoms with Crippen molar-refractivity contribution in [2.45, 2.75) is 93.1 Å². The number of fused-ring (bicyclic) bond motifs is 1. The lowest BCUT2D eigenvalue weighted by molar-refractivity contribution is -0.123. The van der Waals surface area contributed by atoms with Gasteiger partial charge in [0.05, 0.1) is 24.3 Å². The van der Waals surface area contributed by atoms with Crippen LogP contribution in [0, 0.1) is 9.49 Å². The molecule has 2 aliphatic heterocycles. The maximum Gasteiger partial charge on any atom is 0.257 e. The topological polar surface area (TPSA) is 195 Å². The van der Waals surface area contributed by atoms with E-state index < -0.39 is 20.0 Å². The lowest BCUT2D eigenvalue weighted by Gasteiger charge is -2.30. The van der Waals surface area contributed by atoms with Gasteiger partial charge in [-0.25, -0.2) is 16.8 Å². The molecule has 0 radical (unpaired) electrons. The Bertz CT molecular complexity index is 3170. The molecule has 2 fully saturated rings. The molecule has 5 aromatic carbocycles. The SMILES string of the molecule is CNc1cc(CN(CC2CCNCC2)S(=O)(=O)c2ccc(S(=O)(=O)N(Cc3ccc(Cl)cc3)C3CCCC3)cc2)ccc1C(=O)NCCCCCCNC(=O)COc1c(Br)cc(/C=C2\C(=O)Nc3ccc(I)cc32)cc1Br. The number of hydrogen-bond donors (Lipinski definition) is 5. The van der Waals surface area contributed by atoms with Crippen LogP contribution < -0.4 is 31.3 Å². The minimum atomic E-state index is -4.10. The zero-order valence-corrected chi connectivity index (χ0v) is 50.4. The largest absolute Gasteiger partial charge is 0.481 e. The first-order valence-electron chi connectivity index (χ1n) is 25.9. The number of benzene rings is 5. The molecule has 8 rings (SSSR count). The van der Waals surface area contributed by atoms with Crippen LogP contribution in [0.1, 0.15) is 96.8 Å². The van der Waals surface area contributed by atoms with E-state index >= 15 is 0 Å². The Morgan fingerprint density at radius 2 is 1.42 bits per heavy atom. The van der Waals surface area contributed by atoms with Gasteiger partial charge in [0.25, 0.3) is 17.7 Å². The van der Waals surface area contributed by atoms with Crippen molar-refractivity contribution in [2.75, 3.05) is 57.0 Å². The number of sulfonamides is 2. The van der Waals surface area contributed by atoms with Crippen LogP contribution >= 0.6 is 66.1 Å². The van der Waals surface area contributed by atoms with Crippen LogP contribution in [0.5, 0.6) is 5.75 Å². The molecule has 0 unspecified atom stereocenters. The van der Waals surface area contributed by atoms with Gasteiger partial charge in [0.15, 0.2) is 6.61 Å². The number of piperidine rings is 1. The van der Waals surface area contributed by atoms with Crippen molar-refractivity contribution in [1.82, 2.24) is 24.6 Å². The Morgan fingerprint density at radius 3 is 2.08 bits per heavy atom. The number of carbonyl (C=O) groups is 3. The number of hydrogen-bond acceptors (Lipinski definition) is 10. The number of ether oxygens (including phenoxy) is 1. The summed E-state index contributed by atoms with van der Waals surface area (Å²) in [6.45, 7) is 2.84. The number of unbranched alkanes of at least 4 members (excludes halogenated alkanes) is 3. The van der Waals surface area contributed by atoms with Crippen LogP contribution in [0.2, 0.25) is 5.02 Å². The first-order valence-corrected chi connectivity index (χ1v) is 31.8. The average molecular weight is 1350 g/mol. The summed E-state index contributed by atoms with van der Waals surface area (Å²) >= 11 is 15.5. The maximum atomic E-state index is 14.6. The normalized spacial score (nSPS) is 15.7. The highest BCUT2D eigenvalue weighted by atomic mass is 127. The third kappa shape index (κ3) is 15.3. The Hall–Kier alpha value is -4.39. The van der Waals surface area contributed by atoms with Gasteiger partial charge in [0.1, 0.15) is 5.75 Å². The molecule has 1 saturated heterocycles. The number of carbonyl (C=O) groups excluding carboxylic acids is 3. The van der Waals surface area contributed by atoms with Crippen molar-refractivity contribution in [3.05, 3.63) is 142 Å². The van der Waals surface area contributed by atoms with Crippen molar-refractivity contribution >= 4 is 127 Å². The van der Waals surface area contributed by atoms with Gasteiger partial charge < -0.3 is 31.3 Å². The Labute approximate surface area is 487 Å². The highest BCUT2D eigenvalue weighted by molar-refractivity contribution is 14.1. The van der Waals surface area contributed by atoms with Crippen LogP contribution in [0.25, 0.3) is 11.6 Å². The number of anilines is 2. The van der Waals surface area contributed by atoms with E-state index in [2.05, 4.69) is 81.0 Å². The molecular formula is C56H63Br2ClIN7O8S2. The summed E-state index contributed by atoms with van der Waals surface area (Å²) in [5, 5.41) is 15.9. The predicted octanol–water partition coefficient (Wildman–Crippen LogP) is 10.8. The van der Waals surface area contributed by atoms with Gasteiger partial charge in [0.2, 0.25) is 20.0 Å². The lowest BCUT2D eigenvalue weighted by Crippen LogP contribution is -2.39. The summed E-state index contributed by atoms with van der Waals surface area (Å²) in [7, 11) is -6.36. The van der Waals surface area contributed by atoms with Crippen LogP contribution in [0.15, 0.2) is 116 Å². The summed E-state index contributed by atoms with van der Waals surface area (Å²) in [5.74, 6) is -0.0918. The van der Waals surface area contributed by atoms with Crippen LogP contribution in [0.4, 0.5) is 11.4 Å². The van der Waals surface area contributed by atoms with Gasteiger partial charge in [-0.2, -0.15) is 8.61 Å². The molecule has 15 nitrogen and oxygen atoms in total. The Kier molecular flexibility index (Phi) is 20.7. The van der Waals surface area contributed by atoms with Crippen molar-refractivity contribution in [3.8, 4) is 5.75 Å². The predicted molar refractivity (Wildman–Crippen MR) is 319 cm³/mol. The summed E-state index contributed by atoms with van der Waals surface area (Å²) < 4.78 is 68.8. The first-order chi connectivity index (χ1) is 37.0. The van der Waals surface area contributed by atoms with E-state index in [0.29, 0.717) is 55.2 Å². The zero-order chi connectivity index (χ0) is 54.7. The highest BCUT2D eigenvalue weighted by Gasteiger charge is 2.35. The molecule has 0 aromatic heterocycles. The average Bonchev–Trinajstić information content (AvgIpc) is 4.07. The maximum absolute atomic E-state index is 14.6. The second-order valence-electron chi connectivity index (χ2n) is 19.5. The summed E-state index contributed by atoms with van der Waals surface area (Å²) in [6.07, 6.45) is 10.0. The molecule has 2 heterocycles. The van der Waals surface area contributed by atoms with Crippen LogP contribution in [-0.4, -0.2) is 95.6 Å². The molecule has 0 bridgehead atoms. The quantitative estimate of drug-likeness (QED) is 0.0225. The lowest BCUT2D eigenvalue weighted by atomic mass is 9.98. The number of rotatable bonds is 24. The van der Waals surface area contributed by atoms with E-state index in [0.717, 1.165) is 103 Å². The molecule has 21 heteroatoms. The van der Waals surface area contributed by atoms with Gasteiger partial charge in [-0.1, -0.05) is 55.5 Å². The Morgan fingerprint density at radius 1 is 0.779 bits per heavy atom. The molecule has 77 heavy (non-hydrogen) atoms. The zero-order valence-electron chi connectivity index (χ0n) is 42.7. The smallest absolute Gasteiger partial charge is 0.257 e. The van der Waals surface area contributed by atoms with Crippen molar-refractivity contribution in [3.63, 3.8) is 0 Å². The number of nitrogens with one attached hydrogen (secondary N) is 5. The molecule has 0 spiro atoms. The molecule has 5 aromatic rings. The summed E-state index contributed by atoms with van der Waals surface area (Å²) in [5.41, 5.74) is 5.46. The standard InChI is InChI=1S/C56H63Br2ClIN7O8S2/c1-61-52-31-39(34-66(33-38-22-26-62-27-23-38)76(71,72)44-16-18-45(19-17-44)77(73,74)67(43-8-4-5-9-43)35-37-10-13-41(59)14-11-37)12-20-46(52)55(69)64-25-7-3-2-6-24-63-53(68)36-75-54-49(57)29-40(30-50(54)58)28-48-47-32-42(60)15-21-51(47)65-56(48)70/h10-21,28-32,38,43,61-62H,2-9,22-27,33-36H2,1H3,(H,63,68)(H,64,69)(H,65,70)/b48-28-. The van der Waals surface area contributed by atoms with Gasteiger partial charge in [-0.15, -0.1) is 0 Å². The summed E-state index contributed by atoms with van der Waals surface area (Å²) in [4.78, 5) is 38.9. The molecular weight excluding hydrogens is 1280 g/mol. The van der Waals surface area contributed by atoms with Gasteiger partial charge >= 0.3 is 0 Å². The second-order valence-corrected chi connectivity index (χ2v) is 26.8. The van der Waals surface area contributed by atoms with Crippen molar-refractivity contribution in [2.24, 2.45) is 5.92 Å². The fraction of sp³-hybridized carbons (Fsp3) is 0.375. The van der Waals surface area contributed by atoms with Crippen LogP contribution in [0.3, 0.4) is 0 Å². The summed E-state index contributed by atoms with van der Waals surface area (Å²) in [6, 6.07) is 27.3. The van der Waals surface area contributed by atoms with E-state index in [9.17, 15) is 31.2 Å². The molecule has 410 valence electrons. The Balaban J connectivity index is 0.806. The fourth-order valence-electron chi connectivity index (χ4n) is 9.93. The van der Waals surface area contributed by atoms with E-state index in [1.165, 1.54) is 28.6 Å². The number of nitrogens with zero attached hydrogens (tertiary/aromatic N) is 2. The molecule has 0 atom stereocenters.